The highest BCUT2D eigenvalue weighted by atomic mass is 16.1. The lowest BCUT2D eigenvalue weighted by atomic mass is 10.0. The van der Waals surface area contributed by atoms with Crippen LogP contribution in [0.1, 0.15) is 0 Å². The Bertz CT molecular complexity index is 1450. The molecule has 2 aromatic carbocycles. The molecule has 6 rings (SSSR count). The maximum Gasteiger partial charge on any atom is 0.259 e. The summed E-state index contributed by atoms with van der Waals surface area (Å²) in [6.45, 7) is 3.93. The summed E-state index contributed by atoms with van der Waals surface area (Å²) in [6, 6.07) is 16.3. The van der Waals surface area contributed by atoms with Gasteiger partial charge in [0.1, 0.15) is 5.82 Å². The van der Waals surface area contributed by atoms with Crippen LogP contribution in [0.5, 0.6) is 0 Å². The van der Waals surface area contributed by atoms with E-state index in [9.17, 15) is 4.79 Å². The summed E-state index contributed by atoms with van der Waals surface area (Å²) >= 11 is 0. The molecule has 1 aliphatic rings. The van der Waals surface area contributed by atoms with Crippen molar-refractivity contribution >= 4 is 27.6 Å². The van der Waals surface area contributed by atoms with E-state index < -0.39 is 0 Å². The summed E-state index contributed by atoms with van der Waals surface area (Å²) < 4.78 is 0. The van der Waals surface area contributed by atoms with Gasteiger partial charge in [-0.15, -0.1) is 0 Å². The van der Waals surface area contributed by atoms with Crippen molar-refractivity contribution in [3.8, 4) is 22.5 Å². The fourth-order valence-electron chi connectivity index (χ4n) is 4.37. The number of nitrogens with zero attached hydrogens (tertiary/aromatic N) is 2. The summed E-state index contributed by atoms with van der Waals surface area (Å²) in [5.41, 5.74) is 6.36. The van der Waals surface area contributed by atoms with Gasteiger partial charge in [0, 0.05) is 66.3 Å². The zero-order valence-electron chi connectivity index (χ0n) is 16.9. The van der Waals surface area contributed by atoms with Gasteiger partial charge in [-0.1, -0.05) is 18.2 Å². The molecule has 3 aromatic heterocycles. The molecular weight excluding hydrogens is 388 g/mol. The third-order valence-electron chi connectivity index (χ3n) is 6.01. The number of aromatic amines is 3. The highest BCUT2D eigenvalue weighted by Crippen LogP contribution is 2.30. The Morgan fingerprint density at radius 3 is 2.65 bits per heavy atom. The highest BCUT2D eigenvalue weighted by Gasteiger charge is 2.15. The summed E-state index contributed by atoms with van der Waals surface area (Å²) in [7, 11) is 0. The third kappa shape index (κ3) is 3.10. The van der Waals surface area contributed by atoms with E-state index >= 15 is 0 Å². The Morgan fingerprint density at radius 2 is 1.74 bits per heavy atom. The number of fused-ring (bicyclic) bond motifs is 2. The molecule has 1 aliphatic heterocycles. The zero-order chi connectivity index (χ0) is 20.8. The molecule has 4 heterocycles. The first-order valence-electron chi connectivity index (χ1n) is 10.5. The number of aromatic nitrogens is 4. The van der Waals surface area contributed by atoms with Crippen LogP contribution in [-0.4, -0.2) is 46.1 Å². The molecule has 0 bridgehead atoms. The largest absolute Gasteiger partial charge is 0.369 e. The standard InChI is InChI=1S/C24H22N6O/c31-24-18(11-15(13-27-24)19-14-26-20-4-2-1-3-17(19)20)23-28-21-6-5-16(12-22(21)29-23)30-9-7-25-8-10-30/h1-6,11-14,25-26H,7-10H2,(H,27,31)(H,28,29). The molecule has 0 amide bonds. The fraction of sp³-hybridized carbons (Fsp3) is 0.167. The van der Waals surface area contributed by atoms with Gasteiger partial charge in [0.05, 0.1) is 16.6 Å². The molecule has 154 valence electrons. The van der Waals surface area contributed by atoms with Crippen LogP contribution in [0, 0.1) is 0 Å². The Balaban J connectivity index is 1.42. The minimum Gasteiger partial charge on any atom is -0.369 e. The Labute approximate surface area is 178 Å². The number of nitrogens with one attached hydrogen (secondary N) is 4. The molecule has 1 fully saturated rings. The smallest absolute Gasteiger partial charge is 0.259 e. The number of anilines is 1. The van der Waals surface area contributed by atoms with Crippen molar-refractivity contribution in [2.75, 3.05) is 31.1 Å². The number of hydrogen-bond acceptors (Lipinski definition) is 4. The van der Waals surface area contributed by atoms with Gasteiger partial charge in [0.25, 0.3) is 5.56 Å². The summed E-state index contributed by atoms with van der Waals surface area (Å²) in [5, 5.41) is 4.49. The van der Waals surface area contributed by atoms with Crippen LogP contribution < -0.4 is 15.8 Å². The van der Waals surface area contributed by atoms with E-state index in [1.54, 1.807) is 6.20 Å². The van der Waals surface area contributed by atoms with E-state index in [1.165, 1.54) is 0 Å². The molecule has 31 heavy (non-hydrogen) atoms. The summed E-state index contributed by atoms with van der Waals surface area (Å²) in [6.07, 6.45) is 3.73. The maximum atomic E-state index is 12.7. The Kier molecular flexibility index (Phi) is 4.14. The number of H-pyrrole nitrogens is 3. The van der Waals surface area contributed by atoms with Gasteiger partial charge in [0.2, 0.25) is 0 Å². The van der Waals surface area contributed by atoms with Gasteiger partial charge in [-0.2, -0.15) is 0 Å². The molecule has 7 nitrogen and oxygen atoms in total. The SMILES string of the molecule is O=c1[nH]cc(-c2c[nH]c3ccccc23)cc1-c1nc2cc(N3CCNCC3)ccc2[nH]1. The van der Waals surface area contributed by atoms with Crippen LogP contribution in [0.15, 0.2) is 65.7 Å². The highest BCUT2D eigenvalue weighted by molar-refractivity contribution is 5.96. The lowest BCUT2D eigenvalue weighted by molar-refractivity contribution is 0.589. The molecule has 0 saturated carbocycles. The van der Waals surface area contributed by atoms with Crippen LogP contribution >= 0.6 is 0 Å². The molecule has 0 spiro atoms. The number of para-hydroxylation sites is 1. The first kappa shape index (κ1) is 18.0. The number of piperazine rings is 1. The molecule has 0 radical (unpaired) electrons. The molecule has 0 atom stereocenters. The van der Waals surface area contributed by atoms with Gasteiger partial charge in [-0.05, 0) is 30.3 Å². The predicted molar refractivity (Wildman–Crippen MR) is 125 cm³/mol. The molecule has 1 saturated heterocycles. The number of hydrogen-bond donors (Lipinski definition) is 4. The van der Waals surface area contributed by atoms with Gasteiger partial charge < -0.3 is 25.2 Å². The van der Waals surface area contributed by atoms with Gasteiger partial charge in [-0.25, -0.2) is 4.98 Å². The summed E-state index contributed by atoms with van der Waals surface area (Å²) in [4.78, 5) is 29.3. The Morgan fingerprint density at radius 1 is 0.871 bits per heavy atom. The monoisotopic (exact) mass is 410 g/mol. The van der Waals surface area contributed by atoms with Crippen molar-refractivity contribution in [2.24, 2.45) is 0 Å². The zero-order valence-corrected chi connectivity index (χ0v) is 16.9. The molecule has 4 N–H and O–H groups in total. The second-order valence-electron chi connectivity index (χ2n) is 7.90. The van der Waals surface area contributed by atoms with E-state index in [0.717, 1.165) is 64.9 Å². The van der Waals surface area contributed by atoms with E-state index in [4.69, 9.17) is 4.98 Å². The van der Waals surface area contributed by atoms with Crippen LogP contribution in [0.3, 0.4) is 0 Å². The molecular formula is C24H22N6O. The van der Waals surface area contributed by atoms with Crippen LogP contribution in [-0.2, 0) is 0 Å². The normalized spacial score (nSPS) is 14.5. The number of rotatable bonds is 3. The predicted octanol–water partition coefficient (Wildman–Crippen LogP) is 3.48. The lowest BCUT2D eigenvalue weighted by Crippen LogP contribution is -2.43. The average molecular weight is 410 g/mol. The molecule has 5 aromatic rings. The van der Waals surface area contributed by atoms with Gasteiger partial charge in [-0.3, -0.25) is 4.79 Å². The van der Waals surface area contributed by atoms with Crippen LogP contribution in [0.4, 0.5) is 5.69 Å². The van der Waals surface area contributed by atoms with Crippen molar-refractivity contribution in [2.45, 2.75) is 0 Å². The van der Waals surface area contributed by atoms with Crippen LogP contribution in [0.2, 0.25) is 0 Å². The number of benzene rings is 2. The van der Waals surface area contributed by atoms with E-state index in [1.807, 2.05) is 36.5 Å². The molecule has 0 aliphatic carbocycles. The first-order chi connectivity index (χ1) is 15.3. The maximum absolute atomic E-state index is 12.7. The summed E-state index contributed by atoms with van der Waals surface area (Å²) in [5.74, 6) is 0.579. The fourth-order valence-corrected chi connectivity index (χ4v) is 4.37. The topological polar surface area (TPSA) is 92.6 Å². The van der Waals surface area contributed by atoms with E-state index in [0.29, 0.717) is 11.4 Å². The number of imidazole rings is 1. The number of pyridine rings is 1. The second-order valence-corrected chi connectivity index (χ2v) is 7.90. The van der Waals surface area contributed by atoms with Crippen molar-refractivity contribution in [3.63, 3.8) is 0 Å². The van der Waals surface area contributed by atoms with Crippen molar-refractivity contribution in [1.82, 2.24) is 25.3 Å². The van der Waals surface area contributed by atoms with Gasteiger partial charge in [0.15, 0.2) is 0 Å². The second kappa shape index (κ2) is 7.14. The van der Waals surface area contributed by atoms with Gasteiger partial charge >= 0.3 is 0 Å². The van der Waals surface area contributed by atoms with Crippen LogP contribution in [0.25, 0.3) is 44.5 Å². The third-order valence-corrected chi connectivity index (χ3v) is 6.01. The van der Waals surface area contributed by atoms with Crippen molar-refractivity contribution in [1.29, 1.82) is 0 Å². The molecule has 0 unspecified atom stereocenters. The minimum absolute atomic E-state index is 0.162. The minimum atomic E-state index is -0.162. The first-order valence-corrected chi connectivity index (χ1v) is 10.5. The van der Waals surface area contributed by atoms with E-state index in [-0.39, 0.29) is 5.56 Å². The average Bonchev–Trinajstić information content (AvgIpc) is 3.44. The van der Waals surface area contributed by atoms with E-state index in [2.05, 4.69) is 43.4 Å². The van der Waals surface area contributed by atoms with Crippen molar-refractivity contribution in [3.05, 3.63) is 71.3 Å². The molecule has 7 heteroatoms. The Hall–Kier alpha value is -3.84. The lowest BCUT2D eigenvalue weighted by Gasteiger charge is -2.29. The van der Waals surface area contributed by atoms with Crippen molar-refractivity contribution < 1.29 is 0 Å². The quantitative estimate of drug-likeness (QED) is 0.366.